The smallest absolute Gasteiger partial charge is 0.348 e. The summed E-state index contributed by atoms with van der Waals surface area (Å²) in [5.41, 5.74) is -0.108. The SMILES string of the molecule is Cc1cc(-c2ncn(/C=C\C(=O)CNC(=O)C3CCCNC3)n2)cc(C(F)(F)F)c1. The highest BCUT2D eigenvalue weighted by atomic mass is 19.4. The van der Waals surface area contributed by atoms with Gasteiger partial charge in [0.05, 0.1) is 18.0 Å². The molecule has 1 saturated heterocycles. The standard InChI is InChI=1S/C20H22F3N5O2/c1-13-7-15(9-16(8-13)20(21,22)23)18-26-12-28(27-18)6-4-17(29)11-25-19(30)14-3-2-5-24-10-14/h4,6-9,12,14,24H,2-3,5,10-11H2,1H3,(H,25,30)/b6-4-. The van der Waals surface area contributed by atoms with Gasteiger partial charge in [-0.15, -0.1) is 5.10 Å². The Morgan fingerprint density at radius 3 is 2.83 bits per heavy atom. The first-order chi connectivity index (χ1) is 14.2. The Bertz CT molecular complexity index is 946. The fourth-order valence-electron chi connectivity index (χ4n) is 3.17. The molecule has 2 aromatic rings. The monoisotopic (exact) mass is 421 g/mol. The number of halogens is 3. The third kappa shape index (κ3) is 5.76. The zero-order chi connectivity index (χ0) is 21.7. The number of rotatable bonds is 6. The molecular weight excluding hydrogens is 399 g/mol. The van der Waals surface area contributed by atoms with Gasteiger partial charge in [0.1, 0.15) is 6.33 Å². The minimum atomic E-state index is -4.46. The lowest BCUT2D eigenvalue weighted by atomic mass is 9.99. The molecule has 0 aliphatic carbocycles. The molecule has 1 unspecified atom stereocenters. The molecule has 160 valence electrons. The van der Waals surface area contributed by atoms with Crippen LogP contribution in [0.3, 0.4) is 0 Å². The maximum atomic E-state index is 13.0. The van der Waals surface area contributed by atoms with Crippen LogP contribution in [0.5, 0.6) is 0 Å². The molecule has 10 heteroatoms. The van der Waals surface area contributed by atoms with Crippen molar-refractivity contribution in [3.8, 4) is 11.4 Å². The van der Waals surface area contributed by atoms with E-state index in [2.05, 4.69) is 20.7 Å². The van der Waals surface area contributed by atoms with E-state index in [1.165, 1.54) is 23.3 Å². The highest BCUT2D eigenvalue weighted by Crippen LogP contribution is 2.32. The van der Waals surface area contributed by atoms with Crippen LogP contribution in [-0.4, -0.2) is 46.1 Å². The van der Waals surface area contributed by atoms with E-state index >= 15 is 0 Å². The number of piperidine rings is 1. The van der Waals surface area contributed by atoms with E-state index in [0.29, 0.717) is 12.1 Å². The van der Waals surface area contributed by atoms with Crippen LogP contribution < -0.4 is 10.6 Å². The van der Waals surface area contributed by atoms with Gasteiger partial charge in [-0.05, 0) is 50.1 Å². The molecule has 0 bridgehead atoms. The average Bonchev–Trinajstić information content (AvgIpc) is 3.19. The first-order valence-corrected chi connectivity index (χ1v) is 9.52. The van der Waals surface area contributed by atoms with Crippen LogP contribution in [0.4, 0.5) is 13.2 Å². The fourth-order valence-corrected chi connectivity index (χ4v) is 3.17. The number of carbonyl (C=O) groups excluding carboxylic acids is 2. The van der Waals surface area contributed by atoms with Crippen LogP contribution in [0.15, 0.2) is 30.6 Å². The number of carbonyl (C=O) groups is 2. The number of aryl methyl sites for hydroxylation is 1. The second-order valence-electron chi connectivity index (χ2n) is 7.18. The zero-order valence-corrected chi connectivity index (χ0v) is 16.4. The number of nitrogens with one attached hydrogen (secondary N) is 2. The molecular formula is C20H22F3N5O2. The molecule has 0 spiro atoms. The second kappa shape index (κ2) is 9.21. The van der Waals surface area contributed by atoms with Crippen molar-refractivity contribution in [1.29, 1.82) is 0 Å². The Morgan fingerprint density at radius 2 is 2.13 bits per heavy atom. The van der Waals surface area contributed by atoms with E-state index in [9.17, 15) is 22.8 Å². The van der Waals surface area contributed by atoms with Crippen LogP contribution >= 0.6 is 0 Å². The van der Waals surface area contributed by atoms with Crippen LogP contribution in [0.1, 0.15) is 24.0 Å². The van der Waals surface area contributed by atoms with E-state index in [1.807, 2.05) is 0 Å². The van der Waals surface area contributed by atoms with Crippen molar-refractivity contribution in [2.45, 2.75) is 25.9 Å². The van der Waals surface area contributed by atoms with Crippen molar-refractivity contribution in [2.24, 2.45) is 5.92 Å². The highest BCUT2D eigenvalue weighted by molar-refractivity contribution is 5.96. The van der Waals surface area contributed by atoms with E-state index in [4.69, 9.17) is 0 Å². The van der Waals surface area contributed by atoms with Crippen LogP contribution in [0.2, 0.25) is 0 Å². The van der Waals surface area contributed by atoms with E-state index < -0.39 is 11.7 Å². The minimum Gasteiger partial charge on any atom is -0.348 e. The Labute approximate surface area is 171 Å². The third-order valence-electron chi connectivity index (χ3n) is 4.69. The van der Waals surface area contributed by atoms with Gasteiger partial charge >= 0.3 is 6.18 Å². The summed E-state index contributed by atoms with van der Waals surface area (Å²) in [6, 6.07) is 3.59. The first kappa shape index (κ1) is 21.7. The highest BCUT2D eigenvalue weighted by Gasteiger charge is 2.31. The number of benzene rings is 1. The molecule has 2 N–H and O–H groups in total. The van der Waals surface area contributed by atoms with Crippen LogP contribution in [0, 0.1) is 12.8 Å². The molecule has 1 aromatic heterocycles. The van der Waals surface area contributed by atoms with Crippen molar-refractivity contribution in [1.82, 2.24) is 25.4 Å². The second-order valence-corrected chi connectivity index (χ2v) is 7.18. The molecule has 30 heavy (non-hydrogen) atoms. The van der Waals surface area contributed by atoms with Gasteiger partial charge in [0, 0.05) is 24.4 Å². The lowest BCUT2D eigenvalue weighted by molar-refractivity contribution is -0.137. The van der Waals surface area contributed by atoms with Crippen molar-refractivity contribution < 1.29 is 22.8 Å². The van der Waals surface area contributed by atoms with Crippen molar-refractivity contribution >= 4 is 17.9 Å². The lowest BCUT2D eigenvalue weighted by Gasteiger charge is -2.21. The summed E-state index contributed by atoms with van der Waals surface area (Å²) in [7, 11) is 0. The van der Waals surface area contributed by atoms with Gasteiger partial charge in [0.15, 0.2) is 11.6 Å². The third-order valence-corrected chi connectivity index (χ3v) is 4.69. The predicted molar refractivity (Wildman–Crippen MR) is 104 cm³/mol. The van der Waals surface area contributed by atoms with Crippen molar-refractivity contribution in [2.75, 3.05) is 19.6 Å². The molecule has 1 fully saturated rings. The summed E-state index contributed by atoms with van der Waals surface area (Å²) in [6.45, 7) is 2.92. The van der Waals surface area contributed by atoms with Crippen molar-refractivity contribution in [3.63, 3.8) is 0 Å². The van der Waals surface area contributed by atoms with Crippen molar-refractivity contribution in [3.05, 3.63) is 41.7 Å². The van der Waals surface area contributed by atoms with Gasteiger partial charge in [-0.1, -0.05) is 0 Å². The minimum absolute atomic E-state index is 0.111. The average molecular weight is 421 g/mol. The van der Waals surface area contributed by atoms with Gasteiger partial charge in [-0.25, -0.2) is 9.67 Å². The number of aromatic nitrogens is 3. The first-order valence-electron chi connectivity index (χ1n) is 9.52. The Hall–Kier alpha value is -3.01. The quantitative estimate of drug-likeness (QED) is 0.700. The molecule has 1 aromatic carbocycles. The van der Waals surface area contributed by atoms with Gasteiger partial charge in [-0.2, -0.15) is 13.2 Å². The predicted octanol–water partition coefficient (Wildman–Crippen LogP) is 2.43. The molecule has 0 saturated carbocycles. The number of ketones is 1. The maximum Gasteiger partial charge on any atom is 0.416 e. The fraction of sp³-hybridized carbons (Fsp3) is 0.400. The van der Waals surface area contributed by atoms with Crippen LogP contribution in [-0.2, 0) is 15.8 Å². The molecule has 3 rings (SSSR count). The number of amides is 1. The topological polar surface area (TPSA) is 88.9 Å². The zero-order valence-electron chi connectivity index (χ0n) is 16.4. The van der Waals surface area contributed by atoms with Gasteiger partial charge < -0.3 is 10.6 Å². The van der Waals surface area contributed by atoms with Gasteiger partial charge in [0.25, 0.3) is 0 Å². The summed E-state index contributed by atoms with van der Waals surface area (Å²) in [6.07, 6.45) is 1.11. The number of alkyl halides is 3. The Balaban J connectivity index is 1.60. The van der Waals surface area contributed by atoms with E-state index in [-0.39, 0.29) is 35.5 Å². The molecule has 1 aliphatic rings. The molecule has 2 heterocycles. The summed E-state index contributed by atoms with van der Waals surface area (Å²) in [4.78, 5) is 28.0. The molecule has 0 radical (unpaired) electrons. The molecule has 1 aliphatic heterocycles. The number of nitrogens with zero attached hydrogens (tertiary/aromatic N) is 3. The molecule has 7 nitrogen and oxygen atoms in total. The van der Waals surface area contributed by atoms with E-state index in [0.717, 1.165) is 31.5 Å². The number of hydrogen-bond donors (Lipinski definition) is 2. The van der Waals surface area contributed by atoms with Gasteiger partial charge in [-0.3, -0.25) is 9.59 Å². The molecule has 1 atom stereocenters. The summed E-state index contributed by atoms with van der Waals surface area (Å²) < 4.78 is 40.2. The van der Waals surface area contributed by atoms with Crippen LogP contribution in [0.25, 0.3) is 17.6 Å². The summed E-state index contributed by atoms with van der Waals surface area (Å²) in [5.74, 6) is -0.519. The lowest BCUT2D eigenvalue weighted by Crippen LogP contribution is -2.41. The normalized spacial score (nSPS) is 17.3. The largest absolute Gasteiger partial charge is 0.416 e. The Morgan fingerprint density at radius 1 is 1.33 bits per heavy atom. The maximum absolute atomic E-state index is 13.0. The molecule has 1 amide bonds. The Kier molecular flexibility index (Phi) is 6.66. The summed E-state index contributed by atoms with van der Waals surface area (Å²) >= 11 is 0. The van der Waals surface area contributed by atoms with E-state index in [1.54, 1.807) is 13.0 Å². The number of hydrogen-bond acceptors (Lipinski definition) is 5. The summed E-state index contributed by atoms with van der Waals surface area (Å²) in [5, 5.41) is 9.84. The van der Waals surface area contributed by atoms with Gasteiger partial charge in [0.2, 0.25) is 5.91 Å².